The fraction of sp³-hybridized carbons (Fsp3) is 0.316. The molecule has 2 N–H and O–H groups in total. The first-order chi connectivity index (χ1) is 12.3. The highest BCUT2D eigenvalue weighted by atomic mass is 32.1. The van der Waals surface area contributed by atoms with Gasteiger partial charge in [-0.2, -0.15) is 13.2 Å². The zero-order chi connectivity index (χ0) is 19.3. The quantitative estimate of drug-likeness (QED) is 0.529. The van der Waals surface area contributed by atoms with Gasteiger partial charge in [0.15, 0.2) is 5.11 Å². The number of thiocarbonyl (C=S) groups is 1. The summed E-state index contributed by atoms with van der Waals surface area (Å²) in [5, 5.41) is 6.11. The van der Waals surface area contributed by atoms with E-state index in [0.717, 1.165) is 47.9 Å². The molecular weight excluding hydrogens is 364 g/mol. The molecule has 0 bridgehead atoms. The van der Waals surface area contributed by atoms with Crippen LogP contribution in [-0.2, 0) is 25.6 Å². The maximum absolute atomic E-state index is 13.8. The summed E-state index contributed by atoms with van der Waals surface area (Å²) in [6.07, 6.45) is -2.90. The van der Waals surface area contributed by atoms with Crippen LogP contribution in [-0.4, -0.2) is 5.11 Å². The number of alkyl halides is 3. The molecule has 0 fully saturated rings. The van der Waals surface area contributed by atoms with Gasteiger partial charge < -0.3 is 10.6 Å². The van der Waals surface area contributed by atoms with E-state index in [-0.39, 0.29) is 17.2 Å². The number of para-hydroxylation sites is 1. The average Bonchev–Trinajstić information content (AvgIpc) is 2.60. The Morgan fingerprint density at radius 1 is 1.00 bits per heavy atom. The first-order valence-corrected chi connectivity index (χ1v) is 8.68. The molecule has 2 aromatic rings. The van der Waals surface area contributed by atoms with Crippen LogP contribution in [0, 0.1) is 5.82 Å². The molecule has 0 aliphatic rings. The van der Waals surface area contributed by atoms with E-state index in [9.17, 15) is 17.6 Å². The molecule has 0 amide bonds. The van der Waals surface area contributed by atoms with Crippen molar-refractivity contribution in [1.29, 1.82) is 0 Å². The smallest absolute Gasteiger partial charge is 0.358 e. The molecule has 2 rings (SSSR count). The Morgan fingerprint density at radius 3 is 2.15 bits per heavy atom. The Kier molecular flexibility index (Phi) is 6.58. The van der Waals surface area contributed by atoms with Crippen molar-refractivity contribution in [2.45, 2.75) is 39.4 Å². The lowest BCUT2D eigenvalue weighted by atomic mass is 10.0. The van der Waals surface area contributed by atoms with Crippen LogP contribution in [0.3, 0.4) is 0 Å². The highest BCUT2D eigenvalue weighted by Gasteiger charge is 2.31. The third-order valence-electron chi connectivity index (χ3n) is 4.05. The molecule has 0 atom stereocenters. The molecular formula is C19H20F4N2S. The summed E-state index contributed by atoms with van der Waals surface area (Å²) in [7, 11) is 0. The highest BCUT2D eigenvalue weighted by Crippen LogP contribution is 2.30. The fourth-order valence-corrected chi connectivity index (χ4v) is 2.80. The largest absolute Gasteiger partial charge is 0.416 e. The van der Waals surface area contributed by atoms with Crippen LogP contribution in [0.25, 0.3) is 0 Å². The fourth-order valence-electron chi connectivity index (χ4n) is 2.62. The number of hydrogen-bond acceptors (Lipinski definition) is 1. The Balaban J connectivity index is 2.11. The topological polar surface area (TPSA) is 24.1 Å². The molecule has 0 aliphatic carbocycles. The van der Waals surface area contributed by atoms with E-state index >= 15 is 0 Å². The molecule has 0 radical (unpaired) electrons. The molecule has 26 heavy (non-hydrogen) atoms. The maximum Gasteiger partial charge on any atom is 0.416 e. The van der Waals surface area contributed by atoms with Gasteiger partial charge in [-0.3, -0.25) is 0 Å². The van der Waals surface area contributed by atoms with Crippen molar-refractivity contribution < 1.29 is 17.6 Å². The van der Waals surface area contributed by atoms with Gasteiger partial charge in [0.25, 0.3) is 0 Å². The molecule has 0 unspecified atom stereocenters. The summed E-state index contributed by atoms with van der Waals surface area (Å²) in [4.78, 5) is 0. The predicted molar refractivity (Wildman–Crippen MR) is 99.7 cm³/mol. The van der Waals surface area contributed by atoms with E-state index in [0.29, 0.717) is 0 Å². The predicted octanol–water partition coefficient (Wildman–Crippen LogP) is 5.46. The van der Waals surface area contributed by atoms with Crippen molar-refractivity contribution in [3.05, 3.63) is 64.5 Å². The minimum absolute atomic E-state index is 0.0940. The second kappa shape index (κ2) is 8.49. The molecule has 0 aromatic heterocycles. The number of benzene rings is 2. The zero-order valence-corrected chi connectivity index (χ0v) is 15.3. The summed E-state index contributed by atoms with van der Waals surface area (Å²) >= 11 is 5.23. The van der Waals surface area contributed by atoms with Crippen LogP contribution in [0.15, 0.2) is 36.4 Å². The SMILES string of the molecule is CCc1cccc(CC)c1NC(=S)NCc1cc(C(F)(F)F)ccc1F. The summed E-state index contributed by atoms with van der Waals surface area (Å²) < 4.78 is 52.1. The number of hydrogen-bond donors (Lipinski definition) is 2. The van der Waals surface area contributed by atoms with Crippen LogP contribution in [0.2, 0.25) is 0 Å². The van der Waals surface area contributed by atoms with Crippen molar-refractivity contribution in [1.82, 2.24) is 5.32 Å². The van der Waals surface area contributed by atoms with E-state index in [1.165, 1.54) is 0 Å². The summed E-state index contributed by atoms with van der Waals surface area (Å²) in [5.74, 6) is -0.712. The summed E-state index contributed by atoms with van der Waals surface area (Å²) in [6, 6.07) is 8.27. The second-order valence-corrected chi connectivity index (χ2v) is 6.18. The monoisotopic (exact) mass is 384 g/mol. The second-order valence-electron chi connectivity index (χ2n) is 5.77. The minimum Gasteiger partial charge on any atom is -0.358 e. The van der Waals surface area contributed by atoms with Crippen LogP contribution >= 0.6 is 12.2 Å². The highest BCUT2D eigenvalue weighted by molar-refractivity contribution is 7.80. The average molecular weight is 384 g/mol. The van der Waals surface area contributed by atoms with Crippen molar-refractivity contribution in [2.75, 3.05) is 5.32 Å². The molecule has 0 spiro atoms. The third kappa shape index (κ3) is 4.94. The molecule has 0 aliphatic heterocycles. The van der Waals surface area contributed by atoms with Gasteiger partial charge in [0.2, 0.25) is 0 Å². The standard InChI is InChI=1S/C19H20F4N2S/c1-3-12-6-5-7-13(4-2)17(12)25-18(26)24-11-14-10-15(19(21,22)23)8-9-16(14)20/h5-10H,3-4,11H2,1-2H3,(H2,24,25,26). The Hall–Kier alpha value is -2.15. The summed E-state index contributed by atoms with van der Waals surface area (Å²) in [5.41, 5.74) is 2.07. The van der Waals surface area contributed by atoms with Gasteiger partial charge in [0.05, 0.1) is 5.56 Å². The summed E-state index contributed by atoms with van der Waals surface area (Å²) in [6.45, 7) is 3.90. The lowest BCUT2D eigenvalue weighted by molar-refractivity contribution is -0.137. The van der Waals surface area contributed by atoms with Gasteiger partial charge in [0, 0.05) is 17.8 Å². The van der Waals surface area contributed by atoms with Crippen LogP contribution in [0.5, 0.6) is 0 Å². The number of halogens is 4. The molecule has 140 valence electrons. The van der Waals surface area contributed by atoms with Crippen molar-refractivity contribution >= 4 is 23.0 Å². The van der Waals surface area contributed by atoms with Gasteiger partial charge in [-0.15, -0.1) is 0 Å². The van der Waals surface area contributed by atoms with Crippen molar-refractivity contribution in [2.24, 2.45) is 0 Å². The maximum atomic E-state index is 13.8. The molecule has 7 heteroatoms. The van der Waals surface area contributed by atoms with E-state index in [4.69, 9.17) is 12.2 Å². The molecule has 2 nitrogen and oxygen atoms in total. The Bertz CT molecular complexity index is 765. The number of anilines is 1. The van der Waals surface area contributed by atoms with Gasteiger partial charge in [0.1, 0.15) is 5.82 Å². The third-order valence-corrected chi connectivity index (χ3v) is 4.30. The van der Waals surface area contributed by atoms with Gasteiger partial charge >= 0.3 is 6.18 Å². The first kappa shape index (κ1) is 20.2. The first-order valence-electron chi connectivity index (χ1n) is 8.27. The van der Waals surface area contributed by atoms with Crippen LogP contribution < -0.4 is 10.6 Å². The van der Waals surface area contributed by atoms with Crippen molar-refractivity contribution in [3.63, 3.8) is 0 Å². The van der Waals surface area contributed by atoms with Gasteiger partial charge in [-0.25, -0.2) is 4.39 Å². The van der Waals surface area contributed by atoms with Crippen LogP contribution in [0.1, 0.15) is 36.1 Å². The number of aryl methyl sites for hydroxylation is 2. The molecule has 2 aromatic carbocycles. The van der Waals surface area contributed by atoms with Crippen LogP contribution in [0.4, 0.5) is 23.2 Å². The van der Waals surface area contributed by atoms with E-state index in [2.05, 4.69) is 10.6 Å². The number of rotatable bonds is 5. The van der Waals surface area contributed by atoms with E-state index in [1.54, 1.807) is 0 Å². The normalized spacial score (nSPS) is 11.3. The molecule has 0 heterocycles. The van der Waals surface area contributed by atoms with Crippen molar-refractivity contribution in [3.8, 4) is 0 Å². The van der Waals surface area contributed by atoms with Gasteiger partial charge in [-0.05, 0) is 54.4 Å². The molecule has 0 saturated carbocycles. The van der Waals surface area contributed by atoms with E-state index < -0.39 is 17.6 Å². The Morgan fingerprint density at radius 2 is 1.62 bits per heavy atom. The number of nitrogens with one attached hydrogen (secondary N) is 2. The van der Waals surface area contributed by atoms with E-state index in [1.807, 2.05) is 32.0 Å². The minimum atomic E-state index is -4.52. The lowest BCUT2D eigenvalue weighted by Crippen LogP contribution is -2.29. The lowest BCUT2D eigenvalue weighted by Gasteiger charge is -2.17. The Labute approximate surface area is 155 Å². The van der Waals surface area contributed by atoms with Gasteiger partial charge in [-0.1, -0.05) is 32.0 Å². The molecule has 0 saturated heterocycles. The zero-order valence-electron chi connectivity index (χ0n) is 14.5.